The summed E-state index contributed by atoms with van der Waals surface area (Å²) in [7, 11) is 0. The Bertz CT molecular complexity index is 401. The third-order valence-corrected chi connectivity index (χ3v) is 1.86. The molecule has 0 aliphatic rings. The van der Waals surface area contributed by atoms with Crippen LogP contribution in [0.3, 0.4) is 0 Å². The average Bonchev–Trinajstić information content (AvgIpc) is 2.18. The SMILES string of the molecule is CC(C)Oc1ccc([N+](=O)[O-])cc1OC(C)C. The first-order chi connectivity index (χ1) is 7.90. The van der Waals surface area contributed by atoms with E-state index in [0.717, 1.165) is 0 Å². The minimum absolute atomic E-state index is 0.00300. The highest BCUT2D eigenvalue weighted by atomic mass is 16.6. The molecule has 0 heterocycles. The topological polar surface area (TPSA) is 61.6 Å². The van der Waals surface area contributed by atoms with Crippen LogP contribution in [-0.2, 0) is 0 Å². The number of hydrogen-bond acceptors (Lipinski definition) is 4. The summed E-state index contributed by atoms with van der Waals surface area (Å²) in [6, 6.07) is 4.36. The van der Waals surface area contributed by atoms with E-state index in [1.54, 1.807) is 6.07 Å². The maximum absolute atomic E-state index is 10.7. The molecule has 0 saturated heterocycles. The van der Waals surface area contributed by atoms with E-state index in [1.165, 1.54) is 12.1 Å². The minimum Gasteiger partial charge on any atom is -0.487 e. The maximum atomic E-state index is 10.7. The average molecular weight is 239 g/mol. The zero-order valence-corrected chi connectivity index (χ0v) is 10.5. The second kappa shape index (κ2) is 5.52. The molecule has 1 aromatic rings. The predicted molar refractivity (Wildman–Crippen MR) is 64.6 cm³/mol. The number of nitro benzene ring substituents is 1. The molecule has 0 saturated carbocycles. The lowest BCUT2D eigenvalue weighted by Gasteiger charge is -2.16. The van der Waals surface area contributed by atoms with Gasteiger partial charge in [-0.05, 0) is 33.8 Å². The Morgan fingerprint density at radius 2 is 1.59 bits per heavy atom. The van der Waals surface area contributed by atoms with E-state index in [-0.39, 0.29) is 17.9 Å². The van der Waals surface area contributed by atoms with Gasteiger partial charge in [0.05, 0.1) is 23.2 Å². The smallest absolute Gasteiger partial charge is 0.273 e. The van der Waals surface area contributed by atoms with Crippen LogP contribution < -0.4 is 9.47 Å². The summed E-state index contributed by atoms with van der Waals surface area (Å²) < 4.78 is 11.0. The molecule has 0 atom stereocenters. The number of rotatable bonds is 5. The van der Waals surface area contributed by atoms with Crippen LogP contribution in [0.2, 0.25) is 0 Å². The Kier molecular flexibility index (Phi) is 4.31. The number of benzene rings is 1. The van der Waals surface area contributed by atoms with Crippen LogP contribution in [0.1, 0.15) is 27.7 Å². The Hall–Kier alpha value is -1.78. The van der Waals surface area contributed by atoms with Crippen molar-refractivity contribution >= 4 is 5.69 Å². The molecule has 94 valence electrons. The van der Waals surface area contributed by atoms with Gasteiger partial charge in [0.1, 0.15) is 0 Å². The van der Waals surface area contributed by atoms with Crippen molar-refractivity contribution < 1.29 is 14.4 Å². The first-order valence-corrected chi connectivity index (χ1v) is 5.52. The minimum atomic E-state index is -0.452. The summed E-state index contributed by atoms with van der Waals surface area (Å²) >= 11 is 0. The van der Waals surface area contributed by atoms with Crippen LogP contribution in [0.4, 0.5) is 5.69 Å². The highest BCUT2D eigenvalue weighted by molar-refractivity contribution is 5.48. The Balaban J connectivity index is 3.07. The molecule has 0 aliphatic carbocycles. The van der Waals surface area contributed by atoms with Gasteiger partial charge in [0.25, 0.3) is 5.69 Å². The van der Waals surface area contributed by atoms with Gasteiger partial charge in [-0.25, -0.2) is 0 Å². The third-order valence-electron chi connectivity index (χ3n) is 1.86. The Labute approximate surface area is 101 Å². The number of non-ortho nitro benzene ring substituents is 1. The van der Waals surface area contributed by atoms with Crippen molar-refractivity contribution in [2.24, 2.45) is 0 Å². The van der Waals surface area contributed by atoms with Gasteiger partial charge in [-0.15, -0.1) is 0 Å². The molecule has 17 heavy (non-hydrogen) atoms. The first-order valence-electron chi connectivity index (χ1n) is 5.52. The standard InChI is InChI=1S/C12H17NO4/c1-8(2)16-11-6-5-10(13(14)15)7-12(11)17-9(3)4/h5-9H,1-4H3. The first kappa shape index (κ1) is 13.3. The van der Waals surface area contributed by atoms with Gasteiger partial charge < -0.3 is 9.47 Å². The Morgan fingerprint density at radius 3 is 2.06 bits per heavy atom. The zero-order chi connectivity index (χ0) is 13.0. The molecule has 0 spiro atoms. The van der Waals surface area contributed by atoms with Crippen LogP contribution in [0.25, 0.3) is 0 Å². The zero-order valence-electron chi connectivity index (χ0n) is 10.5. The summed E-state index contributed by atoms with van der Waals surface area (Å²) in [6.45, 7) is 7.50. The molecule has 0 fully saturated rings. The van der Waals surface area contributed by atoms with E-state index in [2.05, 4.69) is 0 Å². The van der Waals surface area contributed by atoms with Crippen LogP contribution in [0.15, 0.2) is 18.2 Å². The van der Waals surface area contributed by atoms with E-state index >= 15 is 0 Å². The molecule has 0 unspecified atom stereocenters. The maximum Gasteiger partial charge on any atom is 0.273 e. The highest BCUT2D eigenvalue weighted by Gasteiger charge is 2.14. The molecule has 1 aromatic carbocycles. The highest BCUT2D eigenvalue weighted by Crippen LogP contribution is 2.32. The van der Waals surface area contributed by atoms with E-state index in [9.17, 15) is 10.1 Å². The summed E-state index contributed by atoms with van der Waals surface area (Å²) in [5.41, 5.74) is -0.00300. The molecule has 1 rings (SSSR count). The quantitative estimate of drug-likeness (QED) is 0.584. The molecule has 0 radical (unpaired) electrons. The van der Waals surface area contributed by atoms with Gasteiger partial charge in [-0.1, -0.05) is 0 Å². The summed E-state index contributed by atoms with van der Waals surface area (Å²) in [6.07, 6.45) is -0.0718. The van der Waals surface area contributed by atoms with Gasteiger partial charge in [0.2, 0.25) is 0 Å². The fraction of sp³-hybridized carbons (Fsp3) is 0.500. The van der Waals surface area contributed by atoms with Crippen molar-refractivity contribution in [2.45, 2.75) is 39.9 Å². The van der Waals surface area contributed by atoms with Crippen molar-refractivity contribution in [1.29, 1.82) is 0 Å². The monoisotopic (exact) mass is 239 g/mol. The predicted octanol–water partition coefficient (Wildman–Crippen LogP) is 3.17. The molecule has 0 amide bonds. The van der Waals surface area contributed by atoms with Crippen molar-refractivity contribution in [3.8, 4) is 11.5 Å². The second-order valence-electron chi connectivity index (χ2n) is 4.22. The fourth-order valence-electron chi connectivity index (χ4n) is 1.31. The molecule has 0 N–H and O–H groups in total. The largest absolute Gasteiger partial charge is 0.487 e. The van der Waals surface area contributed by atoms with Crippen LogP contribution >= 0.6 is 0 Å². The van der Waals surface area contributed by atoms with Crippen LogP contribution in [0, 0.1) is 10.1 Å². The van der Waals surface area contributed by atoms with Gasteiger partial charge in [-0.3, -0.25) is 10.1 Å². The van der Waals surface area contributed by atoms with Crippen molar-refractivity contribution in [2.75, 3.05) is 0 Å². The van der Waals surface area contributed by atoms with E-state index in [0.29, 0.717) is 11.5 Å². The Morgan fingerprint density at radius 1 is 1.06 bits per heavy atom. The van der Waals surface area contributed by atoms with Gasteiger partial charge in [-0.2, -0.15) is 0 Å². The van der Waals surface area contributed by atoms with Crippen LogP contribution in [0.5, 0.6) is 11.5 Å². The van der Waals surface area contributed by atoms with Crippen molar-refractivity contribution in [1.82, 2.24) is 0 Å². The molecule has 0 aromatic heterocycles. The molecule has 5 heteroatoms. The summed E-state index contributed by atoms with van der Waals surface area (Å²) in [4.78, 5) is 10.2. The lowest BCUT2D eigenvalue weighted by molar-refractivity contribution is -0.385. The van der Waals surface area contributed by atoms with E-state index in [1.807, 2.05) is 27.7 Å². The molecule has 0 bridgehead atoms. The van der Waals surface area contributed by atoms with Gasteiger partial charge in [0.15, 0.2) is 11.5 Å². The third kappa shape index (κ3) is 3.94. The molecular weight excluding hydrogens is 222 g/mol. The fourth-order valence-corrected chi connectivity index (χ4v) is 1.31. The number of hydrogen-bond donors (Lipinski definition) is 0. The van der Waals surface area contributed by atoms with Crippen molar-refractivity contribution in [3.63, 3.8) is 0 Å². The molecule has 0 aliphatic heterocycles. The van der Waals surface area contributed by atoms with Crippen LogP contribution in [-0.4, -0.2) is 17.1 Å². The summed E-state index contributed by atoms with van der Waals surface area (Å²) in [5.74, 6) is 0.933. The number of nitrogens with zero attached hydrogens (tertiary/aromatic N) is 1. The number of nitro groups is 1. The van der Waals surface area contributed by atoms with E-state index in [4.69, 9.17) is 9.47 Å². The normalized spacial score (nSPS) is 10.7. The van der Waals surface area contributed by atoms with Gasteiger partial charge >= 0.3 is 0 Å². The lowest BCUT2D eigenvalue weighted by atomic mass is 10.2. The summed E-state index contributed by atoms with van der Waals surface area (Å²) in [5, 5.41) is 10.7. The van der Waals surface area contributed by atoms with E-state index < -0.39 is 4.92 Å². The molecular formula is C12H17NO4. The number of ether oxygens (including phenoxy) is 2. The van der Waals surface area contributed by atoms with Gasteiger partial charge in [0, 0.05) is 6.07 Å². The molecule has 5 nitrogen and oxygen atoms in total. The second-order valence-corrected chi connectivity index (χ2v) is 4.22. The lowest BCUT2D eigenvalue weighted by Crippen LogP contribution is -2.11. The van der Waals surface area contributed by atoms with Crippen molar-refractivity contribution in [3.05, 3.63) is 28.3 Å².